The number of sulfone groups is 1. The van der Waals surface area contributed by atoms with Gasteiger partial charge < -0.3 is 9.47 Å². The van der Waals surface area contributed by atoms with E-state index >= 15 is 0 Å². The Morgan fingerprint density at radius 3 is 2.37 bits per heavy atom. The Morgan fingerprint density at radius 2 is 1.84 bits per heavy atom. The molecule has 8 heteroatoms. The molecule has 0 aromatic carbocycles. The van der Waals surface area contributed by atoms with Gasteiger partial charge in [0, 0.05) is 18.7 Å². The molecule has 1 N–H and O–H groups in total. The number of ketones is 1. The first-order chi connectivity index (χ1) is 8.70. The first kappa shape index (κ1) is 17.8. The topological polar surface area (TPSA) is 98.8 Å². The third-order valence-electron chi connectivity index (χ3n) is 2.00. The summed E-state index contributed by atoms with van der Waals surface area (Å²) in [6.07, 6.45) is 0.465. The molecular weight excluding hydrogens is 274 g/mol. The number of carbonyl (C=O) groups is 2. The van der Waals surface area contributed by atoms with Crippen molar-refractivity contribution in [2.24, 2.45) is 0 Å². The fourth-order valence-corrected chi connectivity index (χ4v) is 1.72. The van der Waals surface area contributed by atoms with Gasteiger partial charge in [-0.15, -0.1) is 0 Å². The molecule has 0 unspecified atom stereocenters. The van der Waals surface area contributed by atoms with Gasteiger partial charge in [0.2, 0.25) is 0 Å². The van der Waals surface area contributed by atoms with Crippen LogP contribution in [0.15, 0.2) is 0 Å². The zero-order valence-electron chi connectivity index (χ0n) is 11.5. The highest BCUT2D eigenvalue weighted by molar-refractivity contribution is 7.90. The number of nitrogens with one attached hydrogen (secondary N) is 1. The molecule has 0 bridgehead atoms. The molecule has 0 aliphatic carbocycles. The van der Waals surface area contributed by atoms with Crippen molar-refractivity contribution in [2.75, 3.05) is 25.3 Å². The van der Waals surface area contributed by atoms with E-state index in [1.165, 1.54) is 0 Å². The molecule has 0 amide bonds. The van der Waals surface area contributed by atoms with Crippen LogP contribution in [-0.2, 0) is 24.1 Å². The first-order valence-electron chi connectivity index (χ1n) is 5.93. The molecule has 0 spiro atoms. The Balaban J connectivity index is 3.64. The molecule has 19 heavy (non-hydrogen) atoms. The molecule has 0 rings (SSSR count). The SMILES string of the molecule is CC(C)NCOC(=O)OCC(=O)CCCS(C)(=O)=O. The van der Waals surface area contributed by atoms with Gasteiger partial charge in [0.1, 0.15) is 16.6 Å². The lowest BCUT2D eigenvalue weighted by Crippen LogP contribution is -2.28. The second kappa shape index (κ2) is 8.87. The first-order valence-corrected chi connectivity index (χ1v) is 7.99. The largest absolute Gasteiger partial charge is 0.510 e. The Bertz CT molecular complexity index is 390. The number of rotatable bonds is 9. The van der Waals surface area contributed by atoms with Crippen molar-refractivity contribution < 1.29 is 27.5 Å². The van der Waals surface area contributed by atoms with Crippen LogP contribution in [0.1, 0.15) is 26.7 Å². The second-order valence-electron chi connectivity index (χ2n) is 4.46. The lowest BCUT2D eigenvalue weighted by atomic mass is 10.2. The highest BCUT2D eigenvalue weighted by Crippen LogP contribution is 1.97. The van der Waals surface area contributed by atoms with Gasteiger partial charge in [0.05, 0.1) is 5.75 Å². The Kier molecular flexibility index (Phi) is 8.33. The summed E-state index contributed by atoms with van der Waals surface area (Å²) >= 11 is 0. The molecule has 0 saturated heterocycles. The summed E-state index contributed by atoms with van der Waals surface area (Å²) < 4.78 is 30.9. The van der Waals surface area contributed by atoms with Gasteiger partial charge in [0.25, 0.3) is 0 Å². The van der Waals surface area contributed by atoms with Gasteiger partial charge in [-0.05, 0) is 20.3 Å². The molecule has 0 atom stereocenters. The van der Waals surface area contributed by atoms with Gasteiger partial charge in [0.15, 0.2) is 12.4 Å². The Morgan fingerprint density at radius 1 is 1.21 bits per heavy atom. The molecule has 112 valence electrons. The van der Waals surface area contributed by atoms with Crippen LogP contribution in [-0.4, -0.2) is 51.7 Å². The molecule has 0 saturated carbocycles. The summed E-state index contributed by atoms with van der Waals surface area (Å²) in [5.74, 6) is -0.390. The van der Waals surface area contributed by atoms with Crippen LogP contribution in [0.3, 0.4) is 0 Å². The van der Waals surface area contributed by atoms with Crippen molar-refractivity contribution >= 4 is 21.8 Å². The minimum absolute atomic E-state index is 0.0127. The van der Waals surface area contributed by atoms with Crippen molar-refractivity contribution in [1.82, 2.24) is 5.32 Å². The second-order valence-corrected chi connectivity index (χ2v) is 6.72. The molecule has 0 aromatic heterocycles. The number of ether oxygens (including phenoxy) is 2. The summed E-state index contributed by atoms with van der Waals surface area (Å²) in [6, 6.07) is 0.172. The number of carbonyl (C=O) groups excluding carboxylic acids is 2. The van der Waals surface area contributed by atoms with Crippen LogP contribution in [0.4, 0.5) is 4.79 Å². The van der Waals surface area contributed by atoms with Crippen LogP contribution in [0.2, 0.25) is 0 Å². The molecule has 0 heterocycles. The maximum atomic E-state index is 11.3. The number of hydrogen-bond donors (Lipinski definition) is 1. The average Bonchev–Trinajstić information content (AvgIpc) is 2.24. The predicted octanol–water partition coefficient (Wildman–Crippen LogP) is 0.489. The lowest BCUT2D eigenvalue weighted by Gasteiger charge is -2.09. The molecule has 0 fully saturated rings. The highest BCUT2D eigenvalue weighted by Gasteiger charge is 2.10. The van der Waals surface area contributed by atoms with Crippen LogP contribution in [0.5, 0.6) is 0 Å². The van der Waals surface area contributed by atoms with Gasteiger partial charge in [-0.3, -0.25) is 10.1 Å². The minimum Gasteiger partial charge on any atom is -0.426 e. The molecule has 0 aliphatic rings. The standard InChI is InChI=1S/C11H21NO6S/c1-9(2)12-8-18-11(14)17-7-10(13)5-4-6-19(3,15)16/h9,12H,4-8H2,1-3H3. The predicted molar refractivity (Wildman–Crippen MR) is 69.5 cm³/mol. The monoisotopic (exact) mass is 295 g/mol. The van der Waals surface area contributed by atoms with E-state index in [1.54, 1.807) is 0 Å². The Labute approximate surface area is 113 Å². The van der Waals surface area contributed by atoms with Gasteiger partial charge in [-0.2, -0.15) is 0 Å². The summed E-state index contributed by atoms with van der Waals surface area (Å²) in [6.45, 7) is 3.39. The van der Waals surface area contributed by atoms with E-state index in [0.29, 0.717) is 0 Å². The van der Waals surface area contributed by atoms with Gasteiger partial charge in [-0.25, -0.2) is 13.2 Å². The van der Waals surface area contributed by atoms with Crippen molar-refractivity contribution in [3.63, 3.8) is 0 Å². The normalized spacial score (nSPS) is 11.4. The van der Waals surface area contributed by atoms with E-state index in [1.807, 2.05) is 13.8 Å². The quantitative estimate of drug-likeness (QED) is 0.488. The average molecular weight is 295 g/mol. The van der Waals surface area contributed by atoms with Crippen molar-refractivity contribution in [3.8, 4) is 0 Å². The van der Waals surface area contributed by atoms with Crippen molar-refractivity contribution in [1.29, 1.82) is 0 Å². The third-order valence-corrected chi connectivity index (χ3v) is 3.03. The van der Waals surface area contributed by atoms with E-state index in [-0.39, 0.29) is 37.2 Å². The van der Waals surface area contributed by atoms with E-state index in [4.69, 9.17) is 0 Å². The number of hydrogen-bond acceptors (Lipinski definition) is 7. The molecular formula is C11H21NO6S. The molecule has 0 aliphatic heterocycles. The molecule has 0 aromatic rings. The fraction of sp³-hybridized carbons (Fsp3) is 0.818. The zero-order chi connectivity index (χ0) is 14.9. The fourth-order valence-electron chi connectivity index (χ4n) is 1.05. The van der Waals surface area contributed by atoms with E-state index in [0.717, 1.165) is 6.26 Å². The summed E-state index contributed by atoms with van der Waals surface area (Å²) in [7, 11) is -3.06. The number of Topliss-reactive ketones (excluding diaryl/α,β-unsaturated/α-hetero) is 1. The van der Waals surface area contributed by atoms with Gasteiger partial charge >= 0.3 is 6.16 Å². The maximum absolute atomic E-state index is 11.3. The van der Waals surface area contributed by atoms with E-state index < -0.39 is 22.6 Å². The molecule has 0 radical (unpaired) electrons. The summed E-state index contributed by atoms with van der Waals surface area (Å²) in [5, 5.41) is 2.84. The maximum Gasteiger partial charge on any atom is 0.510 e. The summed E-state index contributed by atoms with van der Waals surface area (Å²) in [5.41, 5.74) is 0. The van der Waals surface area contributed by atoms with Crippen molar-refractivity contribution in [2.45, 2.75) is 32.7 Å². The zero-order valence-corrected chi connectivity index (χ0v) is 12.3. The summed E-state index contributed by atoms with van der Waals surface area (Å²) in [4.78, 5) is 22.3. The smallest absolute Gasteiger partial charge is 0.426 e. The van der Waals surface area contributed by atoms with Crippen LogP contribution >= 0.6 is 0 Å². The molecule has 7 nitrogen and oxygen atoms in total. The van der Waals surface area contributed by atoms with E-state index in [9.17, 15) is 18.0 Å². The van der Waals surface area contributed by atoms with Crippen LogP contribution in [0.25, 0.3) is 0 Å². The van der Waals surface area contributed by atoms with Crippen LogP contribution in [0, 0.1) is 0 Å². The van der Waals surface area contributed by atoms with Crippen LogP contribution < -0.4 is 5.32 Å². The van der Waals surface area contributed by atoms with E-state index in [2.05, 4.69) is 14.8 Å². The third kappa shape index (κ3) is 13.1. The highest BCUT2D eigenvalue weighted by atomic mass is 32.2. The lowest BCUT2D eigenvalue weighted by molar-refractivity contribution is -0.122. The Hall–Kier alpha value is -1.15. The minimum atomic E-state index is -3.06. The van der Waals surface area contributed by atoms with Crippen molar-refractivity contribution in [3.05, 3.63) is 0 Å². The van der Waals surface area contributed by atoms with Gasteiger partial charge in [-0.1, -0.05) is 0 Å².